The average molecular weight is 427 g/mol. The maximum Gasteiger partial charge on any atom is 0.239 e. The van der Waals surface area contributed by atoms with Crippen LogP contribution in [0.5, 0.6) is 0 Å². The van der Waals surface area contributed by atoms with Crippen molar-refractivity contribution in [2.45, 2.75) is 39.0 Å². The molecule has 0 spiro atoms. The molecule has 5 nitrogen and oxygen atoms in total. The number of amides is 1. The molecule has 1 aliphatic heterocycles. The Kier molecular flexibility index (Phi) is 12.5. The molecule has 1 fully saturated rings. The number of nitrogens with one attached hydrogen (secondary N) is 2. The predicted octanol–water partition coefficient (Wildman–Crippen LogP) is 3.06. The molecule has 1 amide bonds. The van der Waals surface area contributed by atoms with Gasteiger partial charge in [-0.3, -0.25) is 9.69 Å². The van der Waals surface area contributed by atoms with Crippen molar-refractivity contribution in [1.29, 1.82) is 0 Å². The van der Waals surface area contributed by atoms with Gasteiger partial charge in [0.05, 0.1) is 18.8 Å². The lowest BCUT2D eigenvalue weighted by molar-refractivity contribution is -0.129. The van der Waals surface area contributed by atoms with E-state index < -0.39 is 0 Å². The van der Waals surface area contributed by atoms with Gasteiger partial charge in [-0.25, -0.2) is 0 Å². The van der Waals surface area contributed by atoms with Crippen LogP contribution in [0.25, 0.3) is 0 Å². The molecule has 1 saturated heterocycles. The summed E-state index contributed by atoms with van der Waals surface area (Å²) in [6, 6.07) is 7.59. The summed E-state index contributed by atoms with van der Waals surface area (Å²) in [5.74, 6) is -0.0218. The molecule has 1 aromatic rings. The van der Waals surface area contributed by atoms with Crippen LogP contribution in [0.1, 0.15) is 32.4 Å². The van der Waals surface area contributed by atoms with Crippen LogP contribution in [0.2, 0.25) is 5.02 Å². The lowest BCUT2D eigenvalue weighted by Gasteiger charge is -2.33. The lowest BCUT2D eigenvalue weighted by Crippen LogP contribution is -2.56. The maximum atomic E-state index is 12.5. The molecule has 3 atom stereocenters. The average Bonchev–Trinajstić information content (AvgIpc) is 2.59. The van der Waals surface area contributed by atoms with Gasteiger partial charge in [-0.1, -0.05) is 43.6 Å². The molecule has 1 unspecified atom stereocenters. The molecule has 2 N–H and O–H groups in total. The summed E-state index contributed by atoms with van der Waals surface area (Å²) in [6.07, 6.45) is -0.119. The van der Waals surface area contributed by atoms with Gasteiger partial charge in [-0.05, 0) is 31.6 Å². The van der Waals surface area contributed by atoms with Gasteiger partial charge < -0.3 is 15.4 Å². The highest BCUT2D eigenvalue weighted by molar-refractivity contribution is 6.31. The second kappa shape index (κ2) is 12.8. The van der Waals surface area contributed by atoms with E-state index in [1.54, 1.807) is 0 Å². The summed E-state index contributed by atoms with van der Waals surface area (Å²) in [5.41, 5.74) is 1.05. The van der Waals surface area contributed by atoms with Crippen LogP contribution in [0, 0.1) is 0 Å². The quantitative estimate of drug-likeness (QED) is 0.703. The fourth-order valence-corrected chi connectivity index (χ4v) is 3.44. The number of hydrogen-bond donors (Lipinski definition) is 2. The number of halogens is 3. The standard InChI is InChI=1S/C18H28ClN3O2.2ClH/c1-4-22(5-2)16(14-8-6-7-9-15(14)19)12-21-18(23)17-13(3)24-11-10-20-17;;/h6-9,13,16-17,20H,4-5,10-12H2,1-3H3,(H,21,23);2*1H/t13-,16?,17+;;/m1../s1. The minimum Gasteiger partial charge on any atom is -0.375 e. The number of benzene rings is 1. The Morgan fingerprint density at radius 1 is 1.35 bits per heavy atom. The number of likely N-dealkylation sites (N-methyl/N-ethyl adjacent to an activating group) is 1. The highest BCUT2D eigenvalue weighted by atomic mass is 35.5. The minimum absolute atomic E-state index is 0. The number of carbonyl (C=O) groups is 1. The van der Waals surface area contributed by atoms with E-state index in [2.05, 4.69) is 29.4 Å². The van der Waals surface area contributed by atoms with E-state index in [1.807, 2.05) is 31.2 Å². The van der Waals surface area contributed by atoms with E-state index in [1.165, 1.54) is 0 Å². The highest BCUT2D eigenvalue weighted by Crippen LogP contribution is 2.27. The molecular formula is C18H30Cl3N3O2. The van der Waals surface area contributed by atoms with Gasteiger partial charge in [0.25, 0.3) is 0 Å². The van der Waals surface area contributed by atoms with Crippen molar-refractivity contribution >= 4 is 42.3 Å². The number of morpholine rings is 1. The number of hydrogen-bond acceptors (Lipinski definition) is 4. The predicted molar refractivity (Wildman–Crippen MR) is 112 cm³/mol. The first-order valence-electron chi connectivity index (χ1n) is 8.69. The third-order valence-corrected chi connectivity index (χ3v) is 4.93. The van der Waals surface area contributed by atoms with Gasteiger partial charge in [0, 0.05) is 18.1 Å². The van der Waals surface area contributed by atoms with E-state index in [0.29, 0.717) is 19.7 Å². The zero-order valence-electron chi connectivity index (χ0n) is 15.5. The van der Waals surface area contributed by atoms with E-state index >= 15 is 0 Å². The Morgan fingerprint density at radius 3 is 2.58 bits per heavy atom. The van der Waals surface area contributed by atoms with Crippen molar-refractivity contribution in [1.82, 2.24) is 15.5 Å². The lowest BCUT2D eigenvalue weighted by atomic mass is 10.0. The Hall–Kier alpha value is -0.560. The SMILES string of the molecule is CCN(CC)C(CNC(=O)[C@H]1NCCO[C@@H]1C)c1ccccc1Cl.Cl.Cl. The highest BCUT2D eigenvalue weighted by Gasteiger charge is 2.29. The molecule has 1 heterocycles. The van der Waals surface area contributed by atoms with Gasteiger partial charge in [0.15, 0.2) is 0 Å². The van der Waals surface area contributed by atoms with Crippen molar-refractivity contribution in [2.75, 3.05) is 32.8 Å². The maximum absolute atomic E-state index is 12.5. The van der Waals surface area contributed by atoms with Crippen LogP contribution in [0.3, 0.4) is 0 Å². The summed E-state index contributed by atoms with van der Waals surface area (Å²) in [6.45, 7) is 9.81. The Labute approximate surface area is 174 Å². The normalized spacial score (nSPS) is 20.7. The summed E-state index contributed by atoms with van der Waals surface area (Å²) >= 11 is 6.39. The third-order valence-electron chi connectivity index (χ3n) is 4.59. The van der Waals surface area contributed by atoms with Crippen LogP contribution in [-0.4, -0.2) is 55.7 Å². The summed E-state index contributed by atoms with van der Waals surface area (Å²) < 4.78 is 5.56. The molecule has 2 rings (SSSR count). The third kappa shape index (κ3) is 6.55. The number of nitrogens with zero attached hydrogens (tertiary/aromatic N) is 1. The molecule has 1 aromatic carbocycles. The van der Waals surface area contributed by atoms with Crippen LogP contribution < -0.4 is 10.6 Å². The summed E-state index contributed by atoms with van der Waals surface area (Å²) in [7, 11) is 0. The first-order chi connectivity index (χ1) is 11.6. The van der Waals surface area contributed by atoms with Crippen molar-refractivity contribution in [3.63, 3.8) is 0 Å². The zero-order valence-corrected chi connectivity index (χ0v) is 17.9. The number of rotatable bonds is 7. The van der Waals surface area contributed by atoms with E-state index in [4.69, 9.17) is 16.3 Å². The molecule has 150 valence electrons. The van der Waals surface area contributed by atoms with Crippen molar-refractivity contribution in [3.8, 4) is 0 Å². The minimum atomic E-state index is -0.303. The largest absolute Gasteiger partial charge is 0.375 e. The first-order valence-corrected chi connectivity index (χ1v) is 9.07. The zero-order chi connectivity index (χ0) is 17.5. The van der Waals surface area contributed by atoms with Gasteiger partial charge in [0.2, 0.25) is 5.91 Å². The van der Waals surface area contributed by atoms with E-state index in [-0.39, 0.29) is 48.9 Å². The second-order valence-corrected chi connectivity index (χ2v) is 6.42. The molecular weight excluding hydrogens is 397 g/mol. The molecule has 1 aliphatic rings. The Balaban J connectivity index is 0.00000312. The number of ether oxygens (including phenoxy) is 1. The van der Waals surface area contributed by atoms with Gasteiger partial charge in [-0.2, -0.15) is 0 Å². The molecule has 0 radical (unpaired) electrons. The van der Waals surface area contributed by atoms with Crippen LogP contribution in [0.15, 0.2) is 24.3 Å². The molecule has 0 aromatic heterocycles. The van der Waals surface area contributed by atoms with Crippen molar-refractivity contribution < 1.29 is 9.53 Å². The Morgan fingerprint density at radius 2 is 2.00 bits per heavy atom. The molecule has 8 heteroatoms. The van der Waals surface area contributed by atoms with Gasteiger partial charge in [-0.15, -0.1) is 24.8 Å². The first kappa shape index (κ1) is 25.4. The van der Waals surface area contributed by atoms with Crippen LogP contribution in [-0.2, 0) is 9.53 Å². The number of carbonyl (C=O) groups excluding carboxylic acids is 1. The van der Waals surface area contributed by atoms with Crippen molar-refractivity contribution in [2.24, 2.45) is 0 Å². The van der Waals surface area contributed by atoms with E-state index in [0.717, 1.165) is 23.7 Å². The monoisotopic (exact) mass is 425 g/mol. The second-order valence-electron chi connectivity index (χ2n) is 6.01. The smallest absolute Gasteiger partial charge is 0.239 e. The molecule has 0 saturated carbocycles. The van der Waals surface area contributed by atoms with Gasteiger partial charge in [0.1, 0.15) is 6.04 Å². The summed E-state index contributed by atoms with van der Waals surface area (Å²) in [5, 5.41) is 7.03. The Bertz CT molecular complexity index is 544. The summed E-state index contributed by atoms with van der Waals surface area (Å²) in [4.78, 5) is 14.8. The fraction of sp³-hybridized carbons (Fsp3) is 0.611. The van der Waals surface area contributed by atoms with E-state index in [9.17, 15) is 4.79 Å². The fourth-order valence-electron chi connectivity index (χ4n) is 3.18. The topological polar surface area (TPSA) is 53.6 Å². The van der Waals surface area contributed by atoms with Gasteiger partial charge >= 0.3 is 0 Å². The molecule has 0 bridgehead atoms. The van der Waals surface area contributed by atoms with Crippen molar-refractivity contribution in [3.05, 3.63) is 34.9 Å². The van der Waals surface area contributed by atoms with Crippen LogP contribution >= 0.6 is 36.4 Å². The van der Waals surface area contributed by atoms with Crippen LogP contribution in [0.4, 0.5) is 0 Å². The molecule has 0 aliphatic carbocycles. The molecule has 26 heavy (non-hydrogen) atoms.